The highest BCUT2D eigenvalue weighted by molar-refractivity contribution is 6.03. The van der Waals surface area contributed by atoms with Gasteiger partial charge in [0.25, 0.3) is 0 Å². The first-order valence-electron chi connectivity index (χ1n) is 5.60. The summed E-state index contributed by atoms with van der Waals surface area (Å²) in [6, 6.07) is 5.14. The molecule has 0 unspecified atom stereocenters. The van der Waals surface area contributed by atoms with E-state index in [0.29, 0.717) is 6.61 Å². The van der Waals surface area contributed by atoms with Crippen LogP contribution in [-0.2, 0) is 11.3 Å². The minimum absolute atomic E-state index is 0.225. The predicted molar refractivity (Wildman–Crippen MR) is 66.8 cm³/mol. The number of benzene rings is 1. The number of aromatic nitrogens is 3. The van der Waals surface area contributed by atoms with Crippen LogP contribution in [0.3, 0.4) is 0 Å². The quantitative estimate of drug-likeness (QED) is 0.653. The zero-order valence-electron chi connectivity index (χ0n) is 9.37. The maximum absolute atomic E-state index is 9.63. The summed E-state index contributed by atoms with van der Waals surface area (Å²) in [4.78, 5) is 8.82. The van der Waals surface area contributed by atoms with Crippen molar-refractivity contribution in [2.24, 2.45) is 0 Å². The van der Waals surface area contributed by atoms with Crippen LogP contribution in [0.15, 0.2) is 30.7 Å². The molecular weight excluding hydrogens is 230 g/mol. The molecule has 5 heteroatoms. The van der Waals surface area contributed by atoms with E-state index in [4.69, 9.17) is 4.74 Å². The molecule has 3 aromatic rings. The number of aromatic hydroxyl groups is 1. The molecule has 0 bridgehead atoms. The number of fused-ring (bicyclic) bond motifs is 5. The van der Waals surface area contributed by atoms with Crippen LogP contribution in [0.4, 0.5) is 0 Å². The van der Waals surface area contributed by atoms with Gasteiger partial charge in [0, 0.05) is 11.6 Å². The molecule has 0 radical (unpaired) electrons. The summed E-state index contributed by atoms with van der Waals surface area (Å²) in [6.45, 7) is 0.450. The van der Waals surface area contributed by atoms with Gasteiger partial charge in [-0.1, -0.05) is 0 Å². The number of pyridine rings is 1. The number of phenolic OH excluding ortho intramolecular Hbond substituents is 1. The number of rotatable bonds is 0. The molecule has 1 N–H and O–H groups in total. The molecule has 1 aromatic carbocycles. The van der Waals surface area contributed by atoms with E-state index in [1.165, 1.54) is 0 Å². The summed E-state index contributed by atoms with van der Waals surface area (Å²) in [7, 11) is 0. The normalized spacial score (nSPS) is 13.8. The fourth-order valence-corrected chi connectivity index (χ4v) is 2.30. The zero-order chi connectivity index (χ0) is 12.1. The fraction of sp³-hybridized carbons (Fsp3) is 0.0769. The standard InChI is InChI=1S/C13H9N3O2/c17-8-1-2-10-9(5-8)13-11(6-14-10)15-12-7-18-4-3-16(12)13/h1-6,17H,7H2. The molecule has 1 aliphatic rings. The molecule has 2 aromatic heterocycles. The van der Waals surface area contributed by atoms with E-state index in [1.807, 2.05) is 10.8 Å². The van der Waals surface area contributed by atoms with Crippen molar-refractivity contribution in [3.63, 3.8) is 0 Å². The highest BCUT2D eigenvalue weighted by Gasteiger charge is 2.15. The van der Waals surface area contributed by atoms with E-state index in [1.54, 1.807) is 30.7 Å². The Morgan fingerprint density at radius 2 is 2.22 bits per heavy atom. The first-order valence-corrected chi connectivity index (χ1v) is 5.60. The zero-order valence-corrected chi connectivity index (χ0v) is 9.37. The summed E-state index contributed by atoms with van der Waals surface area (Å²) < 4.78 is 7.20. The molecule has 0 spiro atoms. The minimum Gasteiger partial charge on any atom is -0.508 e. The van der Waals surface area contributed by atoms with Gasteiger partial charge in [-0.05, 0) is 18.2 Å². The Bertz CT molecular complexity index is 805. The summed E-state index contributed by atoms with van der Waals surface area (Å²) in [6.07, 6.45) is 5.22. The Kier molecular flexibility index (Phi) is 1.70. The highest BCUT2D eigenvalue weighted by atomic mass is 16.5. The third kappa shape index (κ3) is 1.15. The maximum Gasteiger partial charge on any atom is 0.152 e. The lowest BCUT2D eigenvalue weighted by molar-refractivity contribution is 0.221. The lowest BCUT2D eigenvalue weighted by Gasteiger charge is -2.09. The molecule has 0 saturated carbocycles. The minimum atomic E-state index is 0.225. The van der Waals surface area contributed by atoms with Crippen molar-refractivity contribution >= 4 is 28.1 Å². The molecule has 5 nitrogen and oxygen atoms in total. The van der Waals surface area contributed by atoms with Gasteiger partial charge in [-0.2, -0.15) is 0 Å². The third-order valence-corrected chi connectivity index (χ3v) is 3.09. The molecule has 4 rings (SSSR count). The summed E-state index contributed by atoms with van der Waals surface area (Å²) in [5, 5.41) is 10.5. The molecule has 1 aliphatic heterocycles. The molecule has 3 heterocycles. The van der Waals surface area contributed by atoms with Gasteiger partial charge < -0.3 is 9.84 Å². The van der Waals surface area contributed by atoms with Gasteiger partial charge in [0.1, 0.15) is 24.1 Å². The van der Waals surface area contributed by atoms with Crippen molar-refractivity contribution in [1.29, 1.82) is 0 Å². The van der Waals surface area contributed by atoms with Gasteiger partial charge in [-0.25, -0.2) is 4.98 Å². The smallest absolute Gasteiger partial charge is 0.152 e. The van der Waals surface area contributed by atoms with E-state index in [9.17, 15) is 5.11 Å². The van der Waals surface area contributed by atoms with Crippen molar-refractivity contribution in [1.82, 2.24) is 14.5 Å². The fourth-order valence-electron chi connectivity index (χ4n) is 2.30. The first kappa shape index (κ1) is 9.47. The maximum atomic E-state index is 9.63. The van der Waals surface area contributed by atoms with Gasteiger partial charge in [-0.15, -0.1) is 0 Å². The first-order chi connectivity index (χ1) is 8.83. The van der Waals surface area contributed by atoms with Crippen LogP contribution in [0.1, 0.15) is 5.82 Å². The van der Waals surface area contributed by atoms with E-state index >= 15 is 0 Å². The second-order valence-corrected chi connectivity index (χ2v) is 4.19. The Balaban J connectivity index is 2.23. The van der Waals surface area contributed by atoms with Gasteiger partial charge in [0.2, 0.25) is 0 Å². The molecular formula is C13H9N3O2. The average molecular weight is 239 g/mol. The number of ether oxygens (including phenoxy) is 1. The van der Waals surface area contributed by atoms with E-state index in [-0.39, 0.29) is 5.75 Å². The molecule has 0 atom stereocenters. The van der Waals surface area contributed by atoms with Gasteiger partial charge >= 0.3 is 0 Å². The third-order valence-electron chi connectivity index (χ3n) is 3.09. The number of hydrogen-bond acceptors (Lipinski definition) is 4. The van der Waals surface area contributed by atoms with Crippen molar-refractivity contribution < 1.29 is 9.84 Å². The van der Waals surface area contributed by atoms with Crippen LogP contribution in [0, 0.1) is 0 Å². The van der Waals surface area contributed by atoms with Crippen LogP contribution >= 0.6 is 0 Å². The Morgan fingerprint density at radius 3 is 3.17 bits per heavy atom. The molecule has 0 saturated heterocycles. The molecule has 88 valence electrons. The van der Waals surface area contributed by atoms with Crippen LogP contribution in [0.25, 0.3) is 28.1 Å². The van der Waals surface area contributed by atoms with E-state index in [2.05, 4.69) is 9.97 Å². The largest absolute Gasteiger partial charge is 0.508 e. The van der Waals surface area contributed by atoms with Gasteiger partial charge in [0.05, 0.1) is 17.2 Å². The van der Waals surface area contributed by atoms with Crippen molar-refractivity contribution in [3.8, 4) is 5.75 Å². The predicted octanol–water partition coefficient (Wildman–Crippen LogP) is 2.25. The molecule has 0 amide bonds. The number of imidazole rings is 1. The second kappa shape index (κ2) is 3.22. The van der Waals surface area contributed by atoms with E-state index in [0.717, 1.165) is 27.8 Å². The second-order valence-electron chi connectivity index (χ2n) is 4.19. The van der Waals surface area contributed by atoms with Crippen molar-refractivity contribution in [3.05, 3.63) is 36.5 Å². The topological polar surface area (TPSA) is 60.2 Å². The lowest BCUT2D eigenvalue weighted by Crippen LogP contribution is -2.02. The Hall–Kier alpha value is -2.56. The Morgan fingerprint density at radius 1 is 1.28 bits per heavy atom. The highest BCUT2D eigenvalue weighted by Crippen LogP contribution is 2.28. The van der Waals surface area contributed by atoms with Crippen molar-refractivity contribution in [2.75, 3.05) is 0 Å². The number of hydrogen-bond donors (Lipinski definition) is 1. The van der Waals surface area contributed by atoms with E-state index < -0.39 is 0 Å². The molecule has 0 aliphatic carbocycles. The monoisotopic (exact) mass is 239 g/mol. The SMILES string of the molecule is Oc1ccc2ncc3nc4n(c3c2c1)C=COC4. The summed E-state index contributed by atoms with van der Waals surface area (Å²) >= 11 is 0. The lowest BCUT2D eigenvalue weighted by atomic mass is 10.2. The van der Waals surface area contributed by atoms with Crippen LogP contribution in [-0.4, -0.2) is 19.6 Å². The van der Waals surface area contributed by atoms with Crippen molar-refractivity contribution in [2.45, 2.75) is 6.61 Å². The number of nitrogens with zero attached hydrogens (tertiary/aromatic N) is 3. The van der Waals surface area contributed by atoms with Gasteiger partial charge in [0.15, 0.2) is 5.82 Å². The summed E-state index contributed by atoms with van der Waals surface area (Å²) in [5.41, 5.74) is 2.59. The average Bonchev–Trinajstić information content (AvgIpc) is 2.77. The van der Waals surface area contributed by atoms with Crippen LogP contribution < -0.4 is 0 Å². The van der Waals surface area contributed by atoms with Crippen LogP contribution in [0.2, 0.25) is 0 Å². The van der Waals surface area contributed by atoms with Gasteiger partial charge in [-0.3, -0.25) is 9.55 Å². The van der Waals surface area contributed by atoms with Crippen LogP contribution in [0.5, 0.6) is 5.75 Å². The number of phenols is 1. The Labute approximate surface area is 102 Å². The molecule has 18 heavy (non-hydrogen) atoms. The molecule has 0 fully saturated rings. The summed E-state index contributed by atoms with van der Waals surface area (Å²) in [5.74, 6) is 1.06.